The van der Waals surface area contributed by atoms with E-state index in [-0.39, 0.29) is 6.61 Å². The summed E-state index contributed by atoms with van der Waals surface area (Å²) in [5, 5.41) is 11.9. The molecule has 1 aromatic carbocycles. The summed E-state index contributed by atoms with van der Waals surface area (Å²) >= 11 is 0. The molecule has 0 aliphatic heterocycles. The first kappa shape index (κ1) is 10.2. The molecule has 1 rings (SSSR count). The van der Waals surface area contributed by atoms with E-state index in [0.717, 1.165) is 0 Å². The van der Waals surface area contributed by atoms with E-state index in [0.29, 0.717) is 12.6 Å². The lowest BCUT2D eigenvalue weighted by molar-refractivity contribution is 0.286. The van der Waals surface area contributed by atoms with Gasteiger partial charge < -0.3 is 10.4 Å². The van der Waals surface area contributed by atoms with Gasteiger partial charge in [0.2, 0.25) is 0 Å². The molecule has 0 aliphatic carbocycles. The molecule has 0 spiro atoms. The topological polar surface area (TPSA) is 32.3 Å². The van der Waals surface area contributed by atoms with Crippen LogP contribution in [0.3, 0.4) is 0 Å². The summed E-state index contributed by atoms with van der Waals surface area (Å²) in [5.41, 5.74) is 2.54. The molecule has 2 N–H and O–H groups in total. The number of nitrogens with one attached hydrogen (secondary N) is 1. The van der Waals surface area contributed by atoms with Gasteiger partial charge in [-0.25, -0.2) is 0 Å². The smallest absolute Gasteiger partial charge is 0.0556 e. The van der Waals surface area contributed by atoms with Crippen LogP contribution in [0.5, 0.6) is 0 Å². The average Bonchev–Trinajstić information content (AvgIpc) is 2.15. The van der Waals surface area contributed by atoms with Crippen molar-refractivity contribution in [3.8, 4) is 0 Å². The molecule has 72 valence electrons. The molecule has 0 fully saturated rings. The summed E-state index contributed by atoms with van der Waals surface area (Å²) in [6.07, 6.45) is 0. The van der Waals surface area contributed by atoms with Crippen LogP contribution in [-0.2, 0) is 0 Å². The van der Waals surface area contributed by atoms with Crippen LogP contribution < -0.4 is 5.32 Å². The maximum atomic E-state index is 8.64. The summed E-state index contributed by atoms with van der Waals surface area (Å²) in [5.74, 6) is 0. The summed E-state index contributed by atoms with van der Waals surface area (Å²) in [4.78, 5) is 0. The van der Waals surface area contributed by atoms with Gasteiger partial charge in [-0.15, -0.1) is 0 Å². The fraction of sp³-hybridized carbons (Fsp3) is 0.455. The van der Waals surface area contributed by atoms with Gasteiger partial charge in [0.1, 0.15) is 0 Å². The molecule has 0 bridgehead atoms. The van der Waals surface area contributed by atoms with Gasteiger partial charge in [0.05, 0.1) is 6.61 Å². The van der Waals surface area contributed by atoms with E-state index in [4.69, 9.17) is 5.11 Å². The fourth-order valence-electron chi connectivity index (χ4n) is 1.25. The van der Waals surface area contributed by atoms with E-state index >= 15 is 0 Å². The van der Waals surface area contributed by atoms with E-state index in [2.05, 4.69) is 43.4 Å². The minimum absolute atomic E-state index is 0.191. The number of aliphatic hydroxyl groups is 1. The van der Waals surface area contributed by atoms with Crippen molar-refractivity contribution in [3.63, 3.8) is 0 Å². The Morgan fingerprint density at radius 1 is 1.31 bits per heavy atom. The lowest BCUT2D eigenvalue weighted by Gasteiger charge is -2.13. The highest BCUT2D eigenvalue weighted by molar-refractivity contribution is 5.23. The summed E-state index contributed by atoms with van der Waals surface area (Å²) < 4.78 is 0. The van der Waals surface area contributed by atoms with Gasteiger partial charge in [-0.05, 0) is 19.4 Å². The number of aliphatic hydroxyl groups excluding tert-OH is 1. The standard InChI is InChI=1S/C11H17NO/c1-9-3-5-11(6-4-9)10(2)12-7-8-13/h3-6,10,12-13H,7-8H2,1-2H3. The third-order valence-electron chi connectivity index (χ3n) is 2.14. The van der Waals surface area contributed by atoms with Crippen molar-refractivity contribution < 1.29 is 5.11 Å². The Morgan fingerprint density at radius 2 is 1.92 bits per heavy atom. The normalized spacial score (nSPS) is 12.8. The average molecular weight is 179 g/mol. The molecule has 1 atom stereocenters. The molecule has 2 nitrogen and oxygen atoms in total. The van der Waals surface area contributed by atoms with Gasteiger partial charge in [-0.2, -0.15) is 0 Å². The van der Waals surface area contributed by atoms with Crippen LogP contribution in [0.1, 0.15) is 24.1 Å². The van der Waals surface area contributed by atoms with Crippen LogP contribution in [0.2, 0.25) is 0 Å². The number of rotatable bonds is 4. The van der Waals surface area contributed by atoms with Crippen LogP contribution >= 0.6 is 0 Å². The molecule has 0 saturated carbocycles. The largest absolute Gasteiger partial charge is 0.395 e. The summed E-state index contributed by atoms with van der Waals surface area (Å²) in [6, 6.07) is 8.75. The summed E-state index contributed by atoms with van der Waals surface area (Å²) in [6.45, 7) is 5.02. The number of benzene rings is 1. The second kappa shape index (κ2) is 5.00. The zero-order valence-electron chi connectivity index (χ0n) is 8.25. The van der Waals surface area contributed by atoms with Crippen LogP contribution in [0.4, 0.5) is 0 Å². The van der Waals surface area contributed by atoms with Crippen LogP contribution in [0.15, 0.2) is 24.3 Å². The zero-order valence-corrected chi connectivity index (χ0v) is 8.25. The fourth-order valence-corrected chi connectivity index (χ4v) is 1.25. The second-order valence-corrected chi connectivity index (χ2v) is 3.31. The van der Waals surface area contributed by atoms with Gasteiger partial charge in [0.25, 0.3) is 0 Å². The van der Waals surface area contributed by atoms with Gasteiger partial charge in [-0.1, -0.05) is 29.8 Å². The van der Waals surface area contributed by atoms with Crippen molar-refractivity contribution in [1.29, 1.82) is 0 Å². The van der Waals surface area contributed by atoms with Crippen molar-refractivity contribution in [2.24, 2.45) is 0 Å². The molecule has 0 amide bonds. The molecule has 0 heterocycles. The lowest BCUT2D eigenvalue weighted by Crippen LogP contribution is -2.21. The Balaban J connectivity index is 2.55. The molecular weight excluding hydrogens is 162 g/mol. The number of hydrogen-bond acceptors (Lipinski definition) is 2. The first-order chi connectivity index (χ1) is 6.24. The molecule has 2 heteroatoms. The molecule has 1 aromatic rings. The van der Waals surface area contributed by atoms with Gasteiger partial charge in [0, 0.05) is 12.6 Å². The molecule has 0 radical (unpaired) electrons. The van der Waals surface area contributed by atoms with E-state index < -0.39 is 0 Å². The minimum Gasteiger partial charge on any atom is -0.395 e. The van der Waals surface area contributed by atoms with Crippen LogP contribution in [0, 0.1) is 6.92 Å². The number of aryl methyl sites for hydroxylation is 1. The van der Waals surface area contributed by atoms with E-state index in [1.54, 1.807) is 0 Å². The van der Waals surface area contributed by atoms with E-state index in [1.807, 2.05) is 0 Å². The predicted molar refractivity (Wildman–Crippen MR) is 54.7 cm³/mol. The van der Waals surface area contributed by atoms with Crippen molar-refractivity contribution >= 4 is 0 Å². The highest BCUT2D eigenvalue weighted by Crippen LogP contribution is 2.12. The van der Waals surface area contributed by atoms with Crippen LogP contribution in [-0.4, -0.2) is 18.3 Å². The molecule has 1 unspecified atom stereocenters. The third-order valence-corrected chi connectivity index (χ3v) is 2.14. The van der Waals surface area contributed by atoms with E-state index in [9.17, 15) is 0 Å². The Kier molecular flexibility index (Phi) is 3.93. The SMILES string of the molecule is Cc1ccc(C(C)NCCO)cc1. The maximum absolute atomic E-state index is 8.64. The molecule has 0 aliphatic rings. The Bertz CT molecular complexity index is 243. The van der Waals surface area contributed by atoms with Crippen molar-refractivity contribution in [2.75, 3.05) is 13.2 Å². The third kappa shape index (κ3) is 3.17. The quantitative estimate of drug-likeness (QED) is 0.736. The van der Waals surface area contributed by atoms with Crippen LogP contribution in [0.25, 0.3) is 0 Å². The van der Waals surface area contributed by atoms with Gasteiger partial charge in [-0.3, -0.25) is 0 Å². The highest BCUT2D eigenvalue weighted by Gasteiger charge is 2.02. The Labute approximate surface area is 79.6 Å². The van der Waals surface area contributed by atoms with Crippen molar-refractivity contribution in [2.45, 2.75) is 19.9 Å². The summed E-state index contributed by atoms with van der Waals surface area (Å²) in [7, 11) is 0. The zero-order chi connectivity index (χ0) is 9.68. The molecular formula is C11H17NO. The molecule has 0 aromatic heterocycles. The minimum atomic E-state index is 0.191. The second-order valence-electron chi connectivity index (χ2n) is 3.31. The lowest BCUT2D eigenvalue weighted by atomic mass is 10.1. The first-order valence-electron chi connectivity index (χ1n) is 4.65. The Morgan fingerprint density at radius 3 is 2.46 bits per heavy atom. The molecule has 13 heavy (non-hydrogen) atoms. The number of hydrogen-bond donors (Lipinski definition) is 2. The highest BCUT2D eigenvalue weighted by atomic mass is 16.3. The van der Waals surface area contributed by atoms with Crippen molar-refractivity contribution in [3.05, 3.63) is 35.4 Å². The molecule has 0 saturated heterocycles. The monoisotopic (exact) mass is 179 g/mol. The van der Waals surface area contributed by atoms with Gasteiger partial charge in [0.15, 0.2) is 0 Å². The van der Waals surface area contributed by atoms with E-state index in [1.165, 1.54) is 11.1 Å². The van der Waals surface area contributed by atoms with Gasteiger partial charge >= 0.3 is 0 Å². The maximum Gasteiger partial charge on any atom is 0.0556 e. The Hall–Kier alpha value is -0.860. The van der Waals surface area contributed by atoms with Crippen molar-refractivity contribution in [1.82, 2.24) is 5.32 Å². The first-order valence-corrected chi connectivity index (χ1v) is 4.65. The predicted octanol–water partition coefficient (Wildman–Crippen LogP) is 1.64.